The minimum absolute atomic E-state index is 0.0513. The van der Waals surface area contributed by atoms with Crippen LogP contribution in [-0.4, -0.2) is 25.6 Å². The van der Waals surface area contributed by atoms with E-state index >= 15 is 0 Å². The first-order valence-electron chi connectivity index (χ1n) is 6.85. The number of rotatable bonds is 10. The lowest BCUT2D eigenvalue weighted by atomic mass is 10.0. The van der Waals surface area contributed by atoms with Crippen molar-refractivity contribution in [2.75, 3.05) is 19.7 Å². The second kappa shape index (κ2) is 9.58. The summed E-state index contributed by atoms with van der Waals surface area (Å²) in [7, 11) is 0. The van der Waals surface area contributed by atoms with Crippen molar-refractivity contribution < 1.29 is 13.9 Å². The van der Waals surface area contributed by atoms with Crippen LogP contribution in [0.25, 0.3) is 0 Å². The molecular weight excluding hydrogens is 244 g/mol. The normalized spacial score (nSPS) is 12.3. The highest BCUT2D eigenvalue weighted by Gasteiger charge is 2.14. The van der Waals surface area contributed by atoms with E-state index in [0.717, 1.165) is 25.0 Å². The first-order valence-corrected chi connectivity index (χ1v) is 6.85. The predicted molar refractivity (Wildman–Crippen MR) is 73.4 cm³/mol. The first-order chi connectivity index (χ1) is 9.27. The molecule has 1 unspecified atom stereocenters. The third kappa shape index (κ3) is 6.40. The third-order valence-corrected chi connectivity index (χ3v) is 2.88. The Kier molecular flexibility index (Phi) is 7.93. The molecule has 0 bridgehead atoms. The average Bonchev–Trinajstić information content (AvgIpc) is 2.92. The van der Waals surface area contributed by atoms with Crippen LogP contribution in [0, 0.1) is 5.92 Å². The zero-order valence-corrected chi connectivity index (χ0v) is 11.6. The van der Waals surface area contributed by atoms with Crippen molar-refractivity contribution in [1.82, 2.24) is 5.32 Å². The van der Waals surface area contributed by atoms with E-state index in [1.165, 1.54) is 0 Å². The number of hydrogen-bond donors (Lipinski definition) is 2. The minimum Gasteiger partial charge on any atom is -0.467 e. The number of amides is 1. The fourth-order valence-electron chi connectivity index (χ4n) is 1.80. The van der Waals surface area contributed by atoms with E-state index in [2.05, 4.69) is 12.2 Å². The van der Waals surface area contributed by atoms with Crippen LogP contribution >= 0.6 is 0 Å². The topological polar surface area (TPSA) is 77.5 Å². The van der Waals surface area contributed by atoms with Crippen molar-refractivity contribution in [3.63, 3.8) is 0 Å². The number of hydrogen-bond acceptors (Lipinski definition) is 4. The summed E-state index contributed by atoms with van der Waals surface area (Å²) in [6.45, 7) is 4.16. The van der Waals surface area contributed by atoms with Crippen LogP contribution in [0.15, 0.2) is 22.8 Å². The molecule has 1 rings (SSSR count). The zero-order valence-electron chi connectivity index (χ0n) is 11.6. The molecule has 1 aromatic heterocycles. The second-order valence-electron chi connectivity index (χ2n) is 4.50. The second-order valence-corrected chi connectivity index (χ2v) is 4.50. The van der Waals surface area contributed by atoms with Crippen molar-refractivity contribution in [1.29, 1.82) is 0 Å². The molecule has 1 atom stereocenters. The van der Waals surface area contributed by atoms with Gasteiger partial charge in [0.2, 0.25) is 5.91 Å². The summed E-state index contributed by atoms with van der Waals surface area (Å²) in [6.07, 6.45) is 4.23. The van der Waals surface area contributed by atoms with Crippen LogP contribution in [0.2, 0.25) is 0 Å². The van der Waals surface area contributed by atoms with Gasteiger partial charge in [-0.1, -0.05) is 13.3 Å². The highest BCUT2D eigenvalue weighted by molar-refractivity contribution is 5.78. The van der Waals surface area contributed by atoms with E-state index < -0.39 is 0 Å². The van der Waals surface area contributed by atoms with Crippen molar-refractivity contribution >= 4 is 5.91 Å². The molecule has 0 aromatic carbocycles. The maximum Gasteiger partial charge on any atom is 0.224 e. The van der Waals surface area contributed by atoms with E-state index in [0.29, 0.717) is 26.3 Å². The van der Waals surface area contributed by atoms with Gasteiger partial charge in [-0.05, 0) is 25.0 Å². The number of nitrogens with two attached hydrogens (primary N) is 1. The van der Waals surface area contributed by atoms with Crippen LogP contribution in [-0.2, 0) is 16.1 Å². The van der Waals surface area contributed by atoms with Crippen molar-refractivity contribution in [3.8, 4) is 0 Å². The van der Waals surface area contributed by atoms with Crippen LogP contribution in [0.5, 0.6) is 0 Å². The van der Waals surface area contributed by atoms with Crippen LogP contribution in [0.4, 0.5) is 0 Å². The number of nitrogens with one attached hydrogen (secondary N) is 1. The molecular formula is C14H24N2O3. The van der Waals surface area contributed by atoms with Crippen molar-refractivity contribution in [2.45, 2.75) is 32.8 Å². The van der Waals surface area contributed by atoms with Gasteiger partial charge in [-0.3, -0.25) is 4.79 Å². The predicted octanol–water partition coefficient (Wildman–Crippen LogP) is 1.68. The lowest BCUT2D eigenvalue weighted by Gasteiger charge is -2.13. The Hall–Kier alpha value is -1.33. The fourth-order valence-corrected chi connectivity index (χ4v) is 1.80. The molecule has 108 valence electrons. The Morgan fingerprint density at radius 3 is 3.05 bits per heavy atom. The summed E-state index contributed by atoms with van der Waals surface area (Å²) >= 11 is 0. The molecule has 0 aliphatic rings. The lowest BCUT2D eigenvalue weighted by Crippen LogP contribution is -2.35. The molecule has 0 fully saturated rings. The molecule has 1 aromatic rings. The summed E-state index contributed by atoms with van der Waals surface area (Å²) < 4.78 is 10.6. The number of ether oxygens (including phenoxy) is 1. The average molecular weight is 268 g/mol. The van der Waals surface area contributed by atoms with Crippen LogP contribution in [0.1, 0.15) is 31.9 Å². The van der Waals surface area contributed by atoms with Gasteiger partial charge in [-0.15, -0.1) is 0 Å². The summed E-state index contributed by atoms with van der Waals surface area (Å²) in [5, 5.41) is 2.89. The Balaban J connectivity index is 2.02. The molecule has 3 N–H and O–H groups in total. The fraction of sp³-hybridized carbons (Fsp3) is 0.643. The molecule has 19 heavy (non-hydrogen) atoms. The Labute approximate surface area is 114 Å². The third-order valence-electron chi connectivity index (χ3n) is 2.88. The monoisotopic (exact) mass is 268 g/mol. The van der Waals surface area contributed by atoms with Gasteiger partial charge in [-0.2, -0.15) is 0 Å². The lowest BCUT2D eigenvalue weighted by molar-refractivity contribution is -0.124. The molecule has 5 nitrogen and oxygen atoms in total. The minimum atomic E-state index is -0.0611. The van der Waals surface area contributed by atoms with Crippen molar-refractivity contribution in [2.24, 2.45) is 11.7 Å². The molecule has 1 heterocycles. The number of carbonyl (C=O) groups excluding carboxylic acids is 1. The Bertz CT molecular complexity index is 338. The van der Waals surface area contributed by atoms with Crippen molar-refractivity contribution in [3.05, 3.63) is 24.2 Å². The van der Waals surface area contributed by atoms with Gasteiger partial charge in [0.25, 0.3) is 0 Å². The quantitative estimate of drug-likeness (QED) is 0.633. The standard InChI is InChI=1S/C14H24N2O3/c1-2-5-12(10-15)14(17)16-7-4-8-18-11-13-6-3-9-19-13/h3,6,9,12H,2,4-5,7-8,10-11,15H2,1H3,(H,16,17). The van der Waals surface area contributed by atoms with Gasteiger partial charge in [0.1, 0.15) is 12.4 Å². The van der Waals surface area contributed by atoms with Gasteiger partial charge >= 0.3 is 0 Å². The van der Waals surface area contributed by atoms with E-state index in [-0.39, 0.29) is 11.8 Å². The van der Waals surface area contributed by atoms with Crippen LogP contribution < -0.4 is 11.1 Å². The Morgan fingerprint density at radius 2 is 2.42 bits per heavy atom. The zero-order chi connectivity index (χ0) is 13.9. The van der Waals surface area contributed by atoms with E-state index in [1.807, 2.05) is 12.1 Å². The molecule has 1 amide bonds. The van der Waals surface area contributed by atoms with E-state index in [9.17, 15) is 4.79 Å². The largest absolute Gasteiger partial charge is 0.467 e. The molecule has 5 heteroatoms. The number of carbonyl (C=O) groups is 1. The summed E-state index contributed by atoms with van der Waals surface area (Å²) in [6, 6.07) is 3.71. The number of furan rings is 1. The maximum atomic E-state index is 11.7. The molecule has 0 spiro atoms. The highest BCUT2D eigenvalue weighted by Crippen LogP contribution is 2.04. The molecule has 0 aliphatic carbocycles. The van der Waals surface area contributed by atoms with E-state index in [1.54, 1.807) is 6.26 Å². The van der Waals surface area contributed by atoms with Gasteiger partial charge in [0.15, 0.2) is 0 Å². The molecule has 0 aliphatic heterocycles. The van der Waals surface area contributed by atoms with Gasteiger partial charge in [0, 0.05) is 19.7 Å². The first kappa shape index (κ1) is 15.7. The Morgan fingerprint density at radius 1 is 1.58 bits per heavy atom. The highest BCUT2D eigenvalue weighted by atomic mass is 16.5. The summed E-state index contributed by atoms with van der Waals surface area (Å²) in [4.78, 5) is 11.7. The maximum absolute atomic E-state index is 11.7. The smallest absolute Gasteiger partial charge is 0.224 e. The van der Waals surface area contributed by atoms with Gasteiger partial charge in [0.05, 0.1) is 12.2 Å². The molecule has 0 saturated heterocycles. The van der Waals surface area contributed by atoms with Gasteiger partial charge in [-0.25, -0.2) is 0 Å². The van der Waals surface area contributed by atoms with Crippen LogP contribution in [0.3, 0.4) is 0 Å². The summed E-state index contributed by atoms with van der Waals surface area (Å²) in [5.74, 6) is 0.805. The SMILES string of the molecule is CCCC(CN)C(=O)NCCCOCc1ccco1. The summed E-state index contributed by atoms with van der Waals surface area (Å²) in [5.41, 5.74) is 5.57. The molecule has 0 saturated carbocycles. The van der Waals surface area contributed by atoms with E-state index in [4.69, 9.17) is 14.9 Å². The molecule has 0 radical (unpaired) electrons. The van der Waals surface area contributed by atoms with Gasteiger partial charge < -0.3 is 20.2 Å².